The van der Waals surface area contributed by atoms with Gasteiger partial charge in [-0.2, -0.15) is 8.78 Å². The van der Waals surface area contributed by atoms with E-state index in [0.29, 0.717) is 16.7 Å². The summed E-state index contributed by atoms with van der Waals surface area (Å²) in [7, 11) is 1.92. The second kappa shape index (κ2) is 6.86. The molecule has 1 N–H and O–H groups in total. The normalized spacial score (nSPS) is 12.7. The first-order valence-electron chi connectivity index (χ1n) is 6.43. The van der Waals surface area contributed by atoms with Gasteiger partial charge in [0.25, 0.3) is 5.76 Å². The average Bonchev–Trinajstić information content (AvgIpc) is 2.46. The van der Waals surface area contributed by atoms with Crippen molar-refractivity contribution in [1.29, 1.82) is 0 Å². The molecule has 0 aliphatic carbocycles. The molecule has 20 heavy (non-hydrogen) atoms. The summed E-state index contributed by atoms with van der Waals surface area (Å²) in [6, 6.07) is 15.6. The number of thioether (sulfide) groups is 1. The van der Waals surface area contributed by atoms with Crippen LogP contribution in [0.25, 0.3) is 11.1 Å². The number of benzene rings is 2. The smallest absolute Gasteiger partial charge is 0.288 e. The van der Waals surface area contributed by atoms with Gasteiger partial charge in [0.05, 0.1) is 0 Å². The lowest BCUT2D eigenvalue weighted by atomic mass is 9.96. The number of rotatable bonds is 5. The van der Waals surface area contributed by atoms with Crippen LogP contribution in [0.5, 0.6) is 0 Å². The van der Waals surface area contributed by atoms with Crippen LogP contribution < -0.4 is 5.32 Å². The third kappa shape index (κ3) is 3.58. The fourth-order valence-corrected chi connectivity index (χ4v) is 2.61. The van der Waals surface area contributed by atoms with Crippen LogP contribution in [0.15, 0.2) is 53.4 Å². The zero-order chi connectivity index (χ0) is 14.5. The maximum atomic E-state index is 12.3. The molecule has 0 spiro atoms. The monoisotopic (exact) mass is 293 g/mol. The van der Waals surface area contributed by atoms with E-state index in [1.807, 2.05) is 31.3 Å². The van der Waals surface area contributed by atoms with Gasteiger partial charge < -0.3 is 5.32 Å². The molecule has 1 nitrogen and oxygen atoms in total. The minimum Gasteiger partial charge on any atom is -0.313 e. The van der Waals surface area contributed by atoms with Gasteiger partial charge in [-0.3, -0.25) is 0 Å². The highest BCUT2D eigenvalue weighted by Crippen LogP contribution is 2.31. The van der Waals surface area contributed by atoms with Gasteiger partial charge in [0.1, 0.15) is 0 Å². The Morgan fingerprint density at radius 2 is 1.65 bits per heavy atom. The molecule has 0 aliphatic heterocycles. The summed E-state index contributed by atoms with van der Waals surface area (Å²) in [5, 5.41) is 3.23. The van der Waals surface area contributed by atoms with Gasteiger partial charge >= 0.3 is 0 Å². The van der Waals surface area contributed by atoms with Crippen LogP contribution in [-0.4, -0.2) is 12.8 Å². The van der Waals surface area contributed by atoms with Gasteiger partial charge in [0.15, 0.2) is 0 Å². The maximum absolute atomic E-state index is 12.3. The van der Waals surface area contributed by atoms with Crippen molar-refractivity contribution < 1.29 is 8.78 Å². The number of halogens is 2. The SMILES string of the molecule is CNC(C)c1ccccc1-c1ccc(SC(F)F)cc1. The van der Waals surface area contributed by atoms with Crippen LogP contribution in [0.3, 0.4) is 0 Å². The van der Waals surface area contributed by atoms with Crippen LogP contribution in [-0.2, 0) is 0 Å². The lowest BCUT2D eigenvalue weighted by Crippen LogP contribution is -2.13. The Labute approximate surface area is 122 Å². The van der Waals surface area contributed by atoms with Gasteiger partial charge in [0, 0.05) is 10.9 Å². The van der Waals surface area contributed by atoms with Crippen molar-refractivity contribution in [2.45, 2.75) is 23.6 Å². The van der Waals surface area contributed by atoms with Crippen LogP contribution in [0, 0.1) is 0 Å². The van der Waals surface area contributed by atoms with E-state index in [-0.39, 0.29) is 6.04 Å². The molecule has 0 fully saturated rings. The molecule has 2 aromatic rings. The minimum absolute atomic E-state index is 0.237. The molecular weight excluding hydrogens is 276 g/mol. The van der Waals surface area contributed by atoms with Crippen molar-refractivity contribution >= 4 is 11.8 Å². The Bertz CT molecular complexity index is 555. The molecular formula is C16H17F2NS. The van der Waals surface area contributed by atoms with Crippen molar-refractivity contribution in [3.8, 4) is 11.1 Å². The van der Waals surface area contributed by atoms with Crippen molar-refractivity contribution in [2.75, 3.05) is 7.05 Å². The highest BCUT2D eigenvalue weighted by molar-refractivity contribution is 7.99. The first kappa shape index (κ1) is 15.0. The largest absolute Gasteiger partial charge is 0.313 e. The summed E-state index contributed by atoms with van der Waals surface area (Å²) < 4.78 is 24.6. The van der Waals surface area contributed by atoms with E-state index in [1.165, 1.54) is 5.56 Å². The van der Waals surface area contributed by atoms with E-state index >= 15 is 0 Å². The quantitative estimate of drug-likeness (QED) is 0.783. The van der Waals surface area contributed by atoms with Gasteiger partial charge in [0.2, 0.25) is 0 Å². The fourth-order valence-electron chi connectivity index (χ4n) is 2.11. The Kier molecular flexibility index (Phi) is 5.15. The van der Waals surface area contributed by atoms with E-state index in [1.54, 1.807) is 12.1 Å². The van der Waals surface area contributed by atoms with Crippen LogP contribution in [0.4, 0.5) is 8.78 Å². The molecule has 2 aromatic carbocycles. The lowest BCUT2D eigenvalue weighted by molar-refractivity contribution is 0.252. The third-order valence-electron chi connectivity index (χ3n) is 3.25. The molecule has 0 radical (unpaired) electrons. The number of hydrogen-bond acceptors (Lipinski definition) is 2. The van der Waals surface area contributed by atoms with E-state index in [4.69, 9.17) is 0 Å². The first-order valence-corrected chi connectivity index (χ1v) is 7.31. The van der Waals surface area contributed by atoms with Crippen molar-refractivity contribution in [3.63, 3.8) is 0 Å². The van der Waals surface area contributed by atoms with E-state index in [0.717, 1.165) is 11.1 Å². The molecule has 0 aromatic heterocycles. The maximum Gasteiger partial charge on any atom is 0.288 e. The van der Waals surface area contributed by atoms with Crippen LogP contribution >= 0.6 is 11.8 Å². The highest BCUT2D eigenvalue weighted by Gasteiger charge is 2.10. The fraction of sp³-hybridized carbons (Fsp3) is 0.250. The minimum atomic E-state index is -2.38. The van der Waals surface area contributed by atoms with Crippen molar-refractivity contribution in [1.82, 2.24) is 5.32 Å². The molecule has 1 unspecified atom stereocenters. The van der Waals surface area contributed by atoms with Gasteiger partial charge in [-0.1, -0.05) is 48.2 Å². The molecule has 0 saturated heterocycles. The Morgan fingerprint density at radius 1 is 1.00 bits per heavy atom. The zero-order valence-electron chi connectivity index (χ0n) is 11.4. The Balaban J connectivity index is 2.32. The molecule has 0 saturated carbocycles. The summed E-state index contributed by atoms with van der Waals surface area (Å²) in [6.07, 6.45) is 0. The first-order chi connectivity index (χ1) is 9.61. The molecule has 0 aliphatic rings. The topological polar surface area (TPSA) is 12.0 Å². The Hall–Kier alpha value is -1.39. The van der Waals surface area contributed by atoms with E-state index in [2.05, 4.69) is 24.4 Å². The van der Waals surface area contributed by atoms with E-state index in [9.17, 15) is 8.78 Å². The Morgan fingerprint density at radius 3 is 2.25 bits per heavy atom. The summed E-state index contributed by atoms with van der Waals surface area (Å²) in [6.45, 7) is 2.10. The molecule has 4 heteroatoms. The van der Waals surface area contributed by atoms with Gasteiger partial charge in [-0.05, 0) is 42.8 Å². The number of hydrogen-bond donors (Lipinski definition) is 1. The number of alkyl halides is 2. The molecule has 106 valence electrons. The average molecular weight is 293 g/mol. The predicted molar refractivity (Wildman–Crippen MR) is 81.2 cm³/mol. The van der Waals surface area contributed by atoms with Crippen molar-refractivity contribution in [3.05, 3.63) is 54.1 Å². The molecule has 0 heterocycles. The second-order valence-electron chi connectivity index (χ2n) is 4.50. The summed E-state index contributed by atoms with van der Waals surface area (Å²) in [5.74, 6) is -2.38. The summed E-state index contributed by atoms with van der Waals surface area (Å²) in [4.78, 5) is 0.586. The van der Waals surface area contributed by atoms with Gasteiger partial charge in [-0.25, -0.2) is 0 Å². The summed E-state index contributed by atoms with van der Waals surface area (Å²) in [5.41, 5.74) is 3.37. The van der Waals surface area contributed by atoms with Crippen LogP contribution in [0.2, 0.25) is 0 Å². The standard InChI is InChI=1S/C16H17F2NS/c1-11(19-2)14-5-3-4-6-15(14)12-7-9-13(10-8-12)20-16(17)18/h3-11,16,19H,1-2H3. The summed E-state index contributed by atoms with van der Waals surface area (Å²) >= 11 is 0.572. The van der Waals surface area contributed by atoms with Crippen molar-refractivity contribution in [2.24, 2.45) is 0 Å². The predicted octanol–water partition coefficient (Wildman–Crippen LogP) is 4.95. The number of nitrogens with one attached hydrogen (secondary N) is 1. The molecule has 2 rings (SSSR count). The van der Waals surface area contributed by atoms with E-state index < -0.39 is 5.76 Å². The van der Waals surface area contributed by atoms with Gasteiger partial charge in [-0.15, -0.1) is 0 Å². The molecule has 0 amide bonds. The highest BCUT2D eigenvalue weighted by atomic mass is 32.2. The van der Waals surface area contributed by atoms with Crippen LogP contribution in [0.1, 0.15) is 18.5 Å². The zero-order valence-corrected chi connectivity index (χ0v) is 12.3. The molecule has 1 atom stereocenters. The second-order valence-corrected chi connectivity index (χ2v) is 5.56. The lowest BCUT2D eigenvalue weighted by Gasteiger charge is -2.16. The molecule has 0 bridgehead atoms. The third-order valence-corrected chi connectivity index (χ3v) is 3.97.